The van der Waals surface area contributed by atoms with E-state index < -0.39 is 39.8 Å². The van der Waals surface area contributed by atoms with E-state index in [1.807, 2.05) is 6.92 Å². The SMILES string of the molecule is CC1=CC2c3cccc(F)c3C(C1)N2S(=O)(=O)c1ccc(C(F)(F)F)nc1. The fraction of sp³-hybridized carbons (Fsp3) is 0.278. The van der Waals surface area contributed by atoms with Crippen LogP contribution in [-0.4, -0.2) is 17.7 Å². The maximum Gasteiger partial charge on any atom is 0.433 e. The topological polar surface area (TPSA) is 50.3 Å². The first-order valence-corrected chi connectivity index (χ1v) is 9.57. The Morgan fingerprint density at radius 1 is 1.19 bits per heavy atom. The highest BCUT2D eigenvalue weighted by Gasteiger charge is 2.48. The molecular weight excluding hydrogens is 384 g/mol. The fourth-order valence-corrected chi connectivity index (χ4v) is 5.42. The van der Waals surface area contributed by atoms with Crippen molar-refractivity contribution in [2.75, 3.05) is 0 Å². The number of halogens is 4. The molecule has 2 aromatic rings. The summed E-state index contributed by atoms with van der Waals surface area (Å²) in [4.78, 5) is 2.89. The minimum atomic E-state index is -4.66. The number of benzene rings is 1. The summed E-state index contributed by atoms with van der Waals surface area (Å²) in [6.45, 7) is 1.84. The molecule has 0 aliphatic carbocycles. The summed E-state index contributed by atoms with van der Waals surface area (Å²) in [6.07, 6.45) is -1.90. The van der Waals surface area contributed by atoms with Crippen molar-refractivity contribution in [3.05, 3.63) is 70.8 Å². The summed E-state index contributed by atoms with van der Waals surface area (Å²) >= 11 is 0. The molecule has 4 rings (SSSR count). The summed E-state index contributed by atoms with van der Waals surface area (Å²) < 4.78 is 80.0. The van der Waals surface area contributed by atoms with Gasteiger partial charge in [0.2, 0.25) is 10.0 Å². The van der Waals surface area contributed by atoms with E-state index in [1.54, 1.807) is 12.1 Å². The molecule has 0 N–H and O–H groups in total. The number of hydrogen-bond donors (Lipinski definition) is 0. The van der Waals surface area contributed by atoms with Crippen molar-refractivity contribution < 1.29 is 26.0 Å². The molecule has 0 saturated heterocycles. The molecule has 0 fully saturated rings. The standard InChI is InChI=1S/C18H14F4N2O2S/c1-10-7-14-12-3-2-4-13(19)17(12)15(8-10)24(14)27(25,26)11-5-6-16(23-9-11)18(20,21)22/h2-7,9,14-15H,8H2,1H3. The molecule has 27 heavy (non-hydrogen) atoms. The summed E-state index contributed by atoms with van der Waals surface area (Å²) in [7, 11) is -4.18. The Morgan fingerprint density at radius 3 is 2.56 bits per heavy atom. The molecule has 2 atom stereocenters. The first-order chi connectivity index (χ1) is 12.6. The summed E-state index contributed by atoms with van der Waals surface area (Å²) in [5.74, 6) is -0.492. The van der Waals surface area contributed by atoms with E-state index in [0.29, 0.717) is 29.8 Å². The number of aromatic nitrogens is 1. The van der Waals surface area contributed by atoms with Gasteiger partial charge in [0.25, 0.3) is 0 Å². The van der Waals surface area contributed by atoms with Gasteiger partial charge in [-0.3, -0.25) is 4.98 Å². The van der Waals surface area contributed by atoms with Gasteiger partial charge >= 0.3 is 6.18 Å². The number of pyridine rings is 1. The zero-order chi connectivity index (χ0) is 19.6. The van der Waals surface area contributed by atoms with E-state index in [4.69, 9.17) is 0 Å². The highest BCUT2D eigenvalue weighted by Crippen LogP contribution is 2.52. The molecule has 2 unspecified atom stereocenters. The summed E-state index contributed by atoms with van der Waals surface area (Å²) in [5.41, 5.74) is 0.630. The van der Waals surface area contributed by atoms with E-state index in [-0.39, 0.29) is 4.90 Å². The third kappa shape index (κ3) is 2.76. The van der Waals surface area contributed by atoms with Crippen molar-refractivity contribution in [2.24, 2.45) is 0 Å². The van der Waals surface area contributed by atoms with E-state index in [2.05, 4.69) is 4.98 Å². The molecule has 2 aliphatic heterocycles. The lowest BCUT2D eigenvalue weighted by molar-refractivity contribution is -0.141. The molecule has 1 aromatic carbocycles. The molecule has 1 aromatic heterocycles. The maximum atomic E-state index is 14.4. The van der Waals surface area contributed by atoms with Crippen molar-refractivity contribution in [2.45, 2.75) is 36.5 Å². The van der Waals surface area contributed by atoms with Crippen LogP contribution < -0.4 is 0 Å². The van der Waals surface area contributed by atoms with Gasteiger partial charge in [0.15, 0.2) is 0 Å². The predicted molar refractivity (Wildman–Crippen MR) is 88.5 cm³/mol. The predicted octanol–water partition coefficient (Wildman–Crippen LogP) is 4.38. The molecule has 2 aliphatic rings. The lowest BCUT2D eigenvalue weighted by atomic mass is 10.0. The minimum absolute atomic E-state index is 0.317. The molecule has 142 valence electrons. The van der Waals surface area contributed by atoms with E-state index in [0.717, 1.165) is 15.9 Å². The lowest BCUT2D eigenvalue weighted by Gasteiger charge is -2.32. The largest absolute Gasteiger partial charge is 0.433 e. The van der Waals surface area contributed by atoms with Gasteiger partial charge in [-0.05, 0) is 37.1 Å². The van der Waals surface area contributed by atoms with Crippen LogP contribution in [0.15, 0.2) is 53.1 Å². The molecule has 2 bridgehead atoms. The zero-order valence-corrected chi connectivity index (χ0v) is 14.9. The van der Waals surface area contributed by atoms with Gasteiger partial charge in [0, 0.05) is 11.8 Å². The number of nitrogens with zero attached hydrogens (tertiary/aromatic N) is 2. The van der Waals surface area contributed by atoms with Gasteiger partial charge in [-0.2, -0.15) is 17.5 Å². The molecule has 0 spiro atoms. The van der Waals surface area contributed by atoms with Crippen molar-refractivity contribution in [1.82, 2.24) is 9.29 Å². The Labute approximate surface area is 153 Å². The second-order valence-electron chi connectivity index (χ2n) is 6.63. The molecule has 4 nitrogen and oxygen atoms in total. The Bertz CT molecular complexity index is 1050. The summed E-state index contributed by atoms with van der Waals surface area (Å²) in [6, 6.07) is 4.56. The first kappa shape index (κ1) is 18.1. The van der Waals surface area contributed by atoms with E-state index in [9.17, 15) is 26.0 Å². The Kier molecular flexibility index (Phi) is 3.94. The van der Waals surface area contributed by atoms with Crippen LogP contribution in [0.5, 0.6) is 0 Å². The fourth-order valence-electron chi connectivity index (χ4n) is 3.76. The van der Waals surface area contributed by atoms with Gasteiger partial charge in [0.05, 0.1) is 12.1 Å². The average molecular weight is 398 g/mol. The van der Waals surface area contributed by atoms with Crippen LogP contribution in [0.25, 0.3) is 0 Å². The highest BCUT2D eigenvalue weighted by atomic mass is 32.2. The number of rotatable bonds is 2. The number of hydrogen-bond acceptors (Lipinski definition) is 3. The Morgan fingerprint density at radius 2 is 1.93 bits per heavy atom. The van der Waals surface area contributed by atoms with Crippen LogP contribution in [-0.2, 0) is 16.2 Å². The van der Waals surface area contributed by atoms with Crippen LogP contribution in [0.3, 0.4) is 0 Å². The molecular formula is C18H14F4N2O2S. The monoisotopic (exact) mass is 398 g/mol. The quantitative estimate of drug-likeness (QED) is 0.557. The first-order valence-electron chi connectivity index (χ1n) is 8.13. The van der Waals surface area contributed by atoms with Gasteiger partial charge in [-0.15, -0.1) is 0 Å². The third-order valence-electron chi connectivity index (χ3n) is 4.88. The average Bonchev–Trinajstić information content (AvgIpc) is 2.81. The van der Waals surface area contributed by atoms with Crippen LogP contribution in [0, 0.1) is 5.82 Å². The Balaban J connectivity index is 1.80. The second kappa shape index (κ2) is 5.87. The second-order valence-corrected chi connectivity index (χ2v) is 8.48. The van der Waals surface area contributed by atoms with Gasteiger partial charge < -0.3 is 0 Å². The van der Waals surface area contributed by atoms with E-state index in [1.165, 1.54) is 12.1 Å². The summed E-state index contributed by atoms with van der Waals surface area (Å²) in [5, 5.41) is 0. The molecule has 0 saturated carbocycles. The van der Waals surface area contributed by atoms with Crippen molar-refractivity contribution >= 4 is 10.0 Å². The van der Waals surface area contributed by atoms with Crippen molar-refractivity contribution in [3.63, 3.8) is 0 Å². The van der Waals surface area contributed by atoms with Crippen molar-refractivity contribution in [1.29, 1.82) is 0 Å². The molecule has 0 amide bonds. The van der Waals surface area contributed by atoms with Crippen molar-refractivity contribution in [3.8, 4) is 0 Å². The lowest BCUT2D eigenvalue weighted by Crippen LogP contribution is -2.35. The van der Waals surface area contributed by atoms with Crippen LogP contribution >= 0.6 is 0 Å². The number of fused-ring (bicyclic) bond motifs is 5. The van der Waals surface area contributed by atoms with Crippen LogP contribution in [0.2, 0.25) is 0 Å². The number of alkyl halides is 3. The van der Waals surface area contributed by atoms with Crippen LogP contribution in [0.1, 0.15) is 42.2 Å². The van der Waals surface area contributed by atoms with Gasteiger partial charge in [0.1, 0.15) is 16.4 Å². The highest BCUT2D eigenvalue weighted by molar-refractivity contribution is 7.89. The molecule has 9 heteroatoms. The van der Waals surface area contributed by atoms with Gasteiger partial charge in [-0.25, -0.2) is 12.8 Å². The minimum Gasteiger partial charge on any atom is -0.250 e. The third-order valence-corrected chi connectivity index (χ3v) is 6.75. The molecule has 3 heterocycles. The normalized spacial score (nSPS) is 22.5. The van der Waals surface area contributed by atoms with E-state index >= 15 is 0 Å². The smallest absolute Gasteiger partial charge is 0.250 e. The van der Waals surface area contributed by atoms with Crippen LogP contribution in [0.4, 0.5) is 17.6 Å². The van der Waals surface area contributed by atoms with Gasteiger partial charge in [-0.1, -0.05) is 23.8 Å². The molecule has 0 radical (unpaired) electrons. The Hall–Kier alpha value is -2.26. The number of sulfonamides is 1. The maximum absolute atomic E-state index is 14.4. The zero-order valence-electron chi connectivity index (χ0n) is 14.0.